The lowest BCUT2D eigenvalue weighted by atomic mass is 9.96. The number of rotatable bonds is 6. The van der Waals surface area contributed by atoms with Crippen LogP contribution in [0.25, 0.3) is 0 Å². The van der Waals surface area contributed by atoms with E-state index in [2.05, 4.69) is 5.10 Å². The van der Waals surface area contributed by atoms with Gasteiger partial charge in [0.05, 0.1) is 17.9 Å². The molecule has 194 valence electrons. The number of nitrogens with zero attached hydrogens (tertiary/aromatic N) is 2. The maximum absolute atomic E-state index is 13.3. The summed E-state index contributed by atoms with van der Waals surface area (Å²) in [5, 5.41) is 12.6. The predicted molar refractivity (Wildman–Crippen MR) is 118 cm³/mol. The molecule has 1 aliphatic carbocycles. The van der Waals surface area contributed by atoms with E-state index in [1.54, 1.807) is 18.2 Å². The molecular formula is C24H22F6N2O3S. The summed E-state index contributed by atoms with van der Waals surface area (Å²) in [6, 6.07) is 8.55. The first-order valence-corrected chi connectivity index (χ1v) is 12.6. The number of hydrogen-bond donors (Lipinski definition) is 1. The zero-order valence-corrected chi connectivity index (χ0v) is 19.8. The fourth-order valence-electron chi connectivity index (χ4n) is 4.64. The van der Waals surface area contributed by atoms with Crippen LogP contribution in [0.15, 0.2) is 47.5 Å². The van der Waals surface area contributed by atoms with Crippen LogP contribution in [0.3, 0.4) is 0 Å². The number of halogens is 6. The second-order valence-electron chi connectivity index (χ2n) is 8.93. The van der Waals surface area contributed by atoms with E-state index in [0.717, 1.165) is 28.6 Å². The fraction of sp³-hybridized carbons (Fsp3) is 0.375. The molecule has 1 N–H and O–H groups in total. The van der Waals surface area contributed by atoms with Gasteiger partial charge in [-0.3, -0.25) is 4.68 Å². The van der Waals surface area contributed by atoms with Gasteiger partial charge in [0.25, 0.3) is 0 Å². The summed E-state index contributed by atoms with van der Waals surface area (Å²) < 4.78 is 106. The van der Waals surface area contributed by atoms with E-state index >= 15 is 0 Å². The molecule has 5 nitrogen and oxygen atoms in total. The topological polar surface area (TPSA) is 72.2 Å². The second-order valence-corrected chi connectivity index (χ2v) is 10.9. The molecule has 0 aliphatic heterocycles. The molecule has 3 aromatic rings. The molecule has 0 amide bonds. The smallest absolute Gasteiger partial charge is 0.392 e. The summed E-state index contributed by atoms with van der Waals surface area (Å²) in [6.45, 7) is -0.537. The Bertz CT molecular complexity index is 1390. The number of aliphatic hydroxyl groups is 1. The van der Waals surface area contributed by atoms with Gasteiger partial charge < -0.3 is 5.11 Å². The summed E-state index contributed by atoms with van der Waals surface area (Å²) >= 11 is 0. The van der Waals surface area contributed by atoms with Crippen LogP contribution < -0.4 is 0 Å². The van der Waals surface area contributed by atoms with Gasteiger partial charge in [0.1, 0.15) is 4.90 Å². The van der Waals surface area contributed by atoms with E-state index in [1.807, 2.05) is 0 Å². The van der Waals surface area contributed by atoms with E-state index in [9.17, 15) is 39.9 Å². The molecule has 0 fully saturated rings. The van der Waals surface area contributed by atoms with Gasteiger partial charge in [-0.15, -0.1) is 0 Å². The van der Waals surface area contributed by atoms with E-state index in [0.29, 0.717) is 29.5 Å². The molecule has 1 unspecified atom stereocenters. The third kappa shape index (κ3) is 5.44. The van der Waals surface area contributed by atoms with Gasteiger partial charge >= 0.3 is 12.4 Å². The normalized spacial score (nSPS) is 16.4. The van der Waals surface area contributed by atoms with Crippen LogP contribution in [0.2, 0.25) is 0 Å². The Hall–Kier alpha value is -2.86. The SMILES string of the molecule is Cn1cc(S(=O)(=O)CC2CCc3cc(Cc4cc(CO)cc(C(F)(F)F)c4)ccc32)c(C(F)(F)F)n1. The van der Waals surface area contributed by atoms with Gasteiger partial charge in [-0.2, -0.15) is 31.4 Å². The third-order valence-corrected chi connectivity index (χ3v) is 8.01. The zero-order valence-electron chi connectivity index (χ0n) is 19.0. The van der Waals surface area contributed by atoms with Crippen molar-refractivity contribution in [2.45, 2.75) is 49.0 Å². The van der Waals surface area contributed by atoms with E-state index in [4.69, 9.17) is 0 Å². The number of aliphatic hydroxyl groups excluding tert-OH is 1. The molecule has 0 radical (unpaired) electrons. The molecule has 2 aromatic carbocycles. The molecule has 12 heteroatoms. The van der Waals surface area contributed by atoms with Crippen molar-refractivity contribution < 1.29 is 39.9 Å². The summed E-state index contributed by atoms with van der Waals surface area (Å²) in [6.07, 6.45) is -7.54. The number of sulfone groups is 1. The molecule has 0 saturated carbocycles. The van der Waals surface area contributed by atoms with Crippen molar-refractivity contribution >= 4 is 9.84 Å². The lowest BCUT2D eigenvalue weighted by molar-refractivity contribution is -0.143. The van der Waals surface area contributed by atoms with Crippen LogP contribution in [0, 0.1) is 0 Å². The number of hydrogen-bond acceptors (Lipinski definition) is 4. The first-order chi connectivity index (χ1) is 16.7. The van der Waals surface area contributed by atoms with E-state index in [1.165, 1.54) is 13.1 Å². The highest BCUT2D eigenvalue weighted by Crippen LogP contribution is 2.39. The largest absolute Gasteiger partial charge is 0.436 e. The Kier molecular flexibility index (Phi) is 6.71. The quantitative estimate of drug-likeness (QED) is 0.452. The first-order valence-electron chi connectivity index (χ1n) is 10.9. The minimum atomic E-state index is -4.91. The number of aromatic nitrogens is 2. The predicted octanol–water partition coefficient (Wildman–Crippen LogP) is 5.04. The van der Waals surface area contributed by atoms with Crippen LogP contribution in [0.1, 0.15) is 51.4 Å². The zero-order chi connectivity index (χ0) is 26.5. The third-order valence-electron chi connectivity index (χ3n) is 6.20. The summed E-state index contributed by atoms with van der Waals surface area (Å²) in [7, 11) is -3.08. The van der Waals surface area contributed by atoms with Crippen molar-refractivity contribution in [1.29, 1.82) is 0 Å². The van der Waals surface area contributed by atoms with Crippen molar-refractivity contribution in [3.63, 3.8) is 0 Å². The number of fused-ring (bicyclic) bond motifs is 1. The Labute approximate surface area is 203 Å². The molecule has 0 saturated heterocycles. The molecule has 1 aromatic heterocycles. The number of aryl methyl sites for hydroxylation is 2. The molecule has 4 rings (SSSR count). The van der Waals surface area contributed by atoms with E-state index < -0.39 is 56.6 Å². The average Bonchev–Trinajstić information content (AvgIpc) is 3.36. The van der Waals surface area contributed by atoms with E-state index in [-0.39, 0.29) is 12.0 Å². The highest BCUT2D eigenvalue weighted by atomic mass is 32.2. The van der Waals surface area contributed by atoms with Crippen molar-refractivity contribution in [2.75, 3.05) is 5.75 Å². The molecule has 1 atom stereocenters. The summed E-state index contributed by atoms with van der Waals surface area (Å²) in [5.41, 5.74) is 0.407. The van der Waals surface area contributed by atoms with Gasteiger partial charge in [-0.05, 0) is 65.1 Å². The Morgan fingerprint density at radius 2 is 1.69 bits per heavy atom. The van der Waals surface area contributed by atoms with Crippen molar-refractivity contribution in [3.8, 4) is 0 Å². The van der Waals surface area contributed by atoms with Crippen molar-refractivity contribution in [1.82, 2.24) is 9.78 Å². The maximum atomic E-state index is 13.3. The lowest BCUT2D eigenvalue weighted by Gasteiger charge is -2.14. The van der Waals surface area contributed by atoms with Gasteiger partial charge in [-0.1, -0.05) is 24.3 Å². The fourth-order valence-corrected chi connectivity index (χ4v) is 6.46. The highest BCUT2D eigenvalue weighted by molar-refractivity contribution is 7.91. The van der Waals surface area contributed by atoms with Crippen molar-refractivity contribution in [2.24, 2.45) is 7.05 Å². The van der Waals surface area contributed by atoms with Gasteiger partial charge in [-0.25, -0.2) is 8.42 Å². The number of alkyl halides is 6. The van der Waals surface area contributed by atoms with Crippen LogP contribution in [0.4, 0.5) is 26.3 Å². The van der Waals surface area contributed by atoms with Gasteiger partial charge in [0, 0.05) is 13.2 Å². The maximum Gasteiger partial charge on any atom is 0.436 e. The van der Waals surface area contributed by atoms with Gasteiger partial charge in [0.2, 0.25) is 0 Å². The molecule has 0 bridgehead atoms. The lowest BCUT2D eigenvalue weighted by Crippen LogP contribution is -2.18. The molecule has 36 heavy (non-hydrogen) atoms. The molecule has 1 heterocycles. The Morgan fingerprint density at radius 3 is 2.33 bits per heavy atom. The monoisotopic (exact) mass is 532 g/mol. The Morgan fingerprint density at radius 1 is 1.00 bits per heavy atom. The Balaban J connectivity index is 1.57. The van der Waals surface area contributed by atoms with Crippen LogP contribution in [-0.4, -0.2) is 29.1 Å². The van der Waals surface area contributed by atoms with Crippen LogP contribution in [-0.2, 0) is 48.7 Å². The van der Waals surface area contributed by atoms with Crippen molar-refractivity contribution in [3.05, 3.63) is 81.7 Å². The minimum Gasteiger partial charge on any atom is -0.392 e. The molecule has 1 aliphatic rings. The summed E-state index contributed by atoms with van der Waals surface area (Å²) in [4.78, 5) is -0.855. The van der Waals surface area contributed by atoms with Crippen LogP contribution >= 0.6 is 0 Å². The second kappa shape index (κ2) is 9.22. The molecule has 0 spiro atoms. The minimum absolute atomic E-state index is 0.139. The summed E-state index contributed by atoms with van der Waals surface area (Å²) in [5.74, 6) is -1.03. The number of benzene rings is 2. The molecular weight excluding hydrogens is 510 g/mol. The average molecular weight is 533 g/mol. The van der Waals surface area contributed by atoms with Crippen LogP contribution in [0.5, 0.6) is 0 Å². The first kappa shape index (κ1) is 26.2. The standard InChI is InChI=1S/C24H22F6N2O3S/c1-32-11-21(22(31-32)24(28,29)30)36(34,35)13-18-4-3-17-8-14(2-5-20(17)18)6-15-7-16(12-33)10-19(9-15)23(25,26)27/h2,5,7-11,18,33H,3-4,6,12-13H2,1H3. The van der Waals surface area contributed by atoms with Gasteiger partial charge in [0.15, 0.2) is 15.5 Å². The highest BCUT2D eigenvalue weighted by Gasteiger charge is 2.42.